The molecule has 1 heterocycles. The first-order valence-electron chi connectivity index (χ1n) is 8.71. The summed E-state index contributed by atoms with van der Waals surface area (Å²) in [7, 11) is -1.81. The molecule has 0 amide bonds. The molecule has 0 radical (unpaired) electrons. The van der Waals surface area contributed by atoms with Crippen molar-refractivity contribution in [3.8, 4) is 11.3 Å². The number of nitrogens with zero attached hydrogens (tertiary/aromatic N) is 1. The summed E-state index contributed by atoms with van der Waals surface area (Å²) in [6.07, 6.45) is 1.76. The molecule has 3 rings (SSSR count). The van der Waals surface area contributed by atoms with Crippen LogP contribution < -0.4 is 5.32 Å². The summed E-state index contributed by atoms with van der Waals surface area (Å²) in [5, 5.41) is 3.15. The fourth-order valence-corrected chi connectivity index (χ4v) is 4.73. The molecule has 0 saturated carbocycles. The van der Waals surface area contributed by atoms with Crippen LogP contribution in [0.25, 0.3) is 11.3 Å². The highest BCUT2D eigenvalue weighted by molar-refractivity contribution is 7.90. The summed E-state index contributed by atoms with van der Waals surface area (Å²) in [6, 6.07) is 18.3. The van der Waals surface area contributed by atoms with Crippen LogP contribution in [0.1, 0.15) is 30.9 Å². The third-order valence-corrected chi connectivity index (χ3v) is 6.06. The molecule has 0 aliphatic heterocycles. The van der Waals surface area contributed by atoms with Crippen molar-refractivity contribution < 1.29 is 8.42 Å². The van der Waals surface area contributed by atoms with Crippen LogP contribution in [0.4, 0.5) is 0 Å². The van der Waals surface area contributed by atoms with Crippen LogP contribution in [0.2, 0.25) is 0 Å². The molecule has 0 aliphatic rings. The minimum absolute atomic E-state index is 0.195. The summed E-state index contributed by atoms with van der Waals surface area (Å²) >= 11 is 0. The smallest absolute Gasteiger partial charge is 0.268 e. The van der Waals surface area contributed by atoms with Gasteiger partial charge in [-0.15, -0.1) is 0 Å². The zero-order valence-corrected chi connectivity index (χ0v) is 16.1. The highest BCUT2D eigenvalue weighted by atomic mass is 32.2. The maximum atomic E-state index is 13.4. The topological polar surface area (TPSA) is 51.1 Å². The molecule has 5 heteroatoms. The predicted molar refractivity (Wildman–Crippen MR) is 106 cm³/mol. The van der Waals surface area contributed by atoms with E-state index in [-0.39, 0.29) is 5.92 Å². The van der Waals surface area contributed by atoms with Crippen molar-refractivity contribution in [3.05, 3.63) is 78.0 Å². The maximum Gasteiger partial charge on any atom is 0.268 e. The van der Waals surface area contributed by atoms with E-state index in [1.165, 1.54) is 3.97 Å². The zero-order valence-electron chi connectivity index (χ0n) is 15.3. The quantitative estimate of drug-likeness (QED) is 0.708. The number of hydrogen-bond acceptors (Lipinski definition) is 3. The summed E-state index contributed by atoms with van der Waals surface area (Å²) < 4.78 is 28.2. The highest BCUT2D eigenvalue weighted by Gasteiger charge is 2.26. The fraction of sp³-hybridized carbons (Fsp3) is 0.238. The van der Waals surface area contributed by atoms with E-state index in [0.29, 0.717) is 11.4 Å². The van der Waals surface area contributed by atoms with E-state index in [1.54, 1.807) is 30.5 Å². The van der Waals surface area contributed by atoms with Gasteiger partial charge in [-0.25, -0.2) is 12.4 Å². The zero-order chi connectivity index (χ0) is 18.7. The minimum Gasteiger partial charge on any atom is -0.316 e. The van der Waals surface area contributed by atoms with E-state index in [4.69, 9.17) is 0 Å². The van der Waals surface area contributed by atoms with Crippen LogP contribution in [0, 0.1) is 0 Å². The molecule has 0 aliphatic carbocycles. The molecular weight excluding hydrogens is 344 g/mol. The van der Waals surface area contributed by atoms with E-state index in [0.717, 1.165) is 22.4 Å². The third-order valence-electron chi connectivity index (χ3n) is 4.39. The monoisotopic (exact) mass is 368 g/mol. The second-order valence-corrected chi connectivity index (χ2v) is 8.40. The summed E-state index contributed by atoms with van der Waals surface area (Å²) in [6.45, 7) is 4.81. The lowest BCUT2D eigenvalue weighted by Gasteiger charge is -2.15. The van der Waals surface area contributed by atoms with E-state index in [2.05, 4.69) is 19.2 Å². The Kier molecular flexibility index (Phi) is 5.30. The van der Waals surface area contributed by atoms with Crippen molar-refractivity contribution in [2.45, 2.75) is 31.2 Å². The Morgan fingerprint density at radius 3 is 2.08 bits per heavy atom. The Labute approximate surface area is 155 Å². The first kappa shape index (κ1) is 18.4. The number of hydrogen-bond donors (Lipinski definition) is 1. The molecule has 1 N–H and O–H groups in total. The first-order valence-corrected chi connectivity index (χ1v) is 10.2. The average molecular weight is 369 g/mol. The van der Waals surface area contributed by atoms with Gasteiger partial charge < -0.3 is 5.32 Å². The number of nitrogens with one attached hydrogen (secondary N) is 1. The lowest BCUT2D eigenvalue weighted by atomic mass is 9.95. The molecule has 0 unspecified atom stereocenters. The average Bonchev–Trinajstić information content (AvgIpc) is 3.04. The molecule has 0 spiro atoms. The van der Waals surface area contributed by atoms with Crippen molar-refractivity contribution in [1.29, 1.82) is 0 Å². The molecule has 0 bridgehead atoms. The SMILES string of the molecule is CNCc1cn(S(=O)(=O)c2ccccc2)c(-c2ccccc2)c1C(C)C. The van der Waals surface area contributed by atoms with Gasteiger partial charge in [0.1, 0.15) is 0 Å². The van der Waals surface area contributed by atoms with Crippen LogP contribution in [0.15, 0.2) is 71.8 Å². The molecule has 0 atom stereocenters. The summed E-state index contributed by atoms with van der Waals surface area (Å²) in [5.41, 5.74) is 3.71. The fourth-order valence-electron chi connectivity index (χ4n) is 3.30. The highest BCUT2D eigenvalue weighted by Crippen LogP contribution is 2.36. The summed E-state index contributed by atoms with van der Waals surface area (Å²) in [5.74, 6) is 0.195. The van der Waals surface area contributed by atoms with Gasteiger partial charge in [0.15, 0.2) is 0 Å². The van der Waals surface area contributed by atoms with Crippen molar-refractivity contribution >= 4 is 10.0 Å². The lowest BCUT2D eigenvalue weighted by Crippen LogP contribution is -2.13. The van der Waals surface area contributed by atoms with E-state index in [1.807, 2.05) is 43.4 Å². The van der Waals surface area contributed by atoms with Gasteiger partial charge in [0.05, 0.1) is 10.6 Å². The van der Waals surface area contributed by atoms with Gasteiger partial charge >= 0.3 is 0 Å². The lowest BCUT2D eigenvalue weighted by molar-refractivity contribution is 0.588. The summed E-state index contributed by atoms with van der Waals surface area (Å²) in [4.78, 5) is 0.290. The van der Waals surface area contributed by atoms with Gasteiger partial charge in [-0.3, -0.25) is 0 Å². The first-order chi connectivity index (χ1) is 12.5. The number of benzene rings is 2. The van der Waals surface area contributed by atoms with E-state index < -0.39 is 10.0 Å². The Balaban J connectivity index is 2.33. The van der Waals surface area contributed by atoms with E-state index in [9.17, 15) is 8.42 Å². The molecule has 3 aromatic rings. The Bertz CT molecular complexity index is 976. The van der Waals surface area contributed by atoms with Gasteiger partial charge in [0, 0.05) is 12.7 Å². The molecule has 0 saturated heterocycles. The van der Waals surface area contributed by atoms with Gasteiger partial charge in [0.25, 0.3) is 10.0 Å². The van der Waals surface area contributed by atoms with Crippen molar-refractivity contribution in [2.24, 2.45) is 0 Å². The minimum atomic E-state index is -3.68. The molecule has 136 valence electrons. The predicted octanol–water partition coefficient (Wildman–Crippen LogP) is 4.23. The van der Waals surface area contributed by atoms with Crippen molar-refractivity contribution in [2.75, 3.05) is 7.05 Å². The van der Waals surface area contributed by atoms with Crippen molar-refractivity contribution in [3.63, 3.8) is 0 Å². The van der Waals surface area contributed by atoms with Crippen LogP contribution in [0.3, 0.4) is 0 Å². The molecule has 0 fully saturated rings. The normalized spacial score (nSPS) is 11.8. The van der Waals surface area contributed by atoms with Gasteiger partial charge in [0.2, 0.25) is 0 Å². The number of aromatic nitrogens is 1. The van der Waals surface area contributed by atoms with Gasteiger partial charge in [-0.05, 0) is 41.8 Å². The van der Waals surface area contributed by atoms with Crippen LogP contribution in [-0.4, -0.2) is 19.4 Å². The number of rotatable bonds is 6. The van der Waals surface area contributed by atoms with Gasteiger partial charge in [-0.2, -0.15) is 0 Å². The van der Waals surface area contributed by atoms with Crippen LogP contribution >= 0.6 is 0 Å². The second-order valence-electron chi connectivity index (χ2n) is 6.58. The molecule has 4 nitrogen and oxygen atoms in total. The third kappa shape index (κ3) is 3.32. The van der Waals surface area contributed by atoms with Crippen LogP contribution in [0.5, 0.6) is 0 Å². The van der Waals surface area contributed by atoms with Crippen molar-refractivity contribution in [1.82, 2.24) is 9.29 Å². The molecular formula is C21H24N2O2S. The molecule has 2 aromatic carbocycles. The standard InChI is InChI=1S/C21H24N2O2S/c1-16(2)20-18(14-22-3)15-23(21(20)17-10-6-4-7-11-17)26(24,25)19-12-8-5-9-13-19/h4-13,15-16,22H,14H2,1-3H3. The van der Waals surface area contributed by atoms with Gasteiger partial charge in [-0.1, -0.05) is 62.4 Å². The maximum absolute atomic E-state index is 13.4. The Hall–Kier alpha value is -2.37. The van der Waals surface area contributed by atoms with Crippen LogP contribution in [-0.2, 0) is 16.6 Å². The molecule has 1 aromatic heterocycles. The Morgan fingerprint density at radius 1 is 0.962 bits per heavy atom. The second kappa shape index (κ2) is 7.48. The largest absolute Gasteiger partial charge is 0.316 e. The Morgan fingerprint density at radius 2 is 1.54 bits per heavy atom. The molecule has 26 heavy (non-hydrogen) atoms. The van der Waals surface area contributed by atoms with E-state index >= 15 is 0 Å².